The molecule has 0 unspecified atom stereocenters. The molecule has 0 aliphatic heterocycles. The van der Waals surface area contributed by atoms with Crippen LogP contribution >= 0.6 is 15.9 Å². The number of carboxylic acid groups (broad SMARTS) is 1. The van der Waals surface area contributed by atoms with E-state index in [0.717, 1.165) is 28.6 Å². The highest BCUT2D eigenvalue weighted by atomic mass is 79.9. The minimum absolute atomic E-state index is 0.214. The summed E-state index contributed by atoms with van der Waals surface area (Å²) in [6, 6.07) is 5.90. The number of halogens is 1. The molecule has 0 saturated carbocycles. The molecule has 17 heavy (non-hydrogen) atoms. The highest BCUT2D eigenvalue weighted by Crippen LogP contribution is 2.26. The predicted octanol–water partition coefficient (Wildman–Crippen LogP) is 3.65. The standard InChI is InChI=1S/C13H17BrO3/c1-2-8-17-12-7-6-10(9-11(12)14)4-3-5-13(15)16/h6-7,9H,2-5,8H2,1H3,(H,15,16). The molecular weight excluding hydrogens is 284 g/mol. The van der Waals surface area contributed by atoms with Crippen LogP contribution in [0.2, 0.25) is 0 Å². The van der Waals surface area contributed by atoms with Gasteiger partial charge < -0.3 is 9.84 Å². The van der Waals surface area contributed by atoms with Crippen LogP contribution in [0.15, 0.2) is 22.7 Å². The van der Waals surface area contributed by atoms with Crippen molar-refractivity contribution in [1.82, 2.24) is 0 Å². The van der Waals surface area contributed by atoms with Gasteiger partial charge in [-0.3, -0.25) is 4.79 Å². The number of benzene rings is 1. The molecule has 0 fully saturated rings. The number of hydrogen-bond acceptors (Lipinski definition) is 2. The van der Waals surface area contributed by atoms with Crippen molar-refractivity contribution in [3.8, 4) is 5.75 Å². The SMILES string of the molecule is CCCOc1ccc(CCCC(=O)O)cc1Br. The zero-order valence-corrected chi connectivity index (χ0v) is 11.5. The lowest BCUT2D eigenvalue weighted by atomic mass is 10.1. The normalized spacial score (nSPS) is 10.2. The molecule has 4 heteroatoms. The van der Waals surface area contributed by atoms with E-state index >= 15 is 0 Å². The number of hydrogen-bond donors (Lipinski definition) is 1. The van der Waals surface area contributed by atoms with Crippen LogP contribution in [0, 0.1) is 0 Å². The Morgan fingerprint density at radius 2 is 2.24 bits per heavy atom. The molecule has 0 aliphatic carbocycles. The van der Waals surface area contributed by atoms with E-state index < -0.39 is 5.97 Å². The molecule has 1 aromatic carbocycles. The van der Waals surface area contributed by atoms with Crippen molar-refractivity contribution in [2.75, 3.05) is 6.61 Å². The Kier molecular flexibility index (Phi) is 6.05. The monoisotopic (exact) mass is 300 g/mol. The van der Waals surface area contributed by atoms with Gasteiger partial charge in [0, 0.05) is 6.42 Å². The molecule has 3 nitrogen and oxygen atoms in total. The Hall–Kier alpha value is -1.03. The van der Waals surface area contributed by atoms with Crippen LogP contribution in [-0.4, -0.2) is 17.7 Å². The Morgan fingerprint density at radius 1 is 1.47 bits per heavy atom. The molecule has 0 bridgehead atoms. The largest absolute Gasteiger partial charge is 0.492 e. The number of ether oxygens (including phenoxy) is 1. The average molecular weight is 301 g/mol. The van der Waals surface area contributed by atoms with E-state index in [0.29, 0.717) is 13.0 Å². The van der Waals surface area contributed by atoms with Gasteiger partial charge in [0.1, 0.15) is 5.75 Å². The maximum atomic E-state index is 10.4. The van der Waals surface area contributed by atoms with Crippen molar-refractivity contribution < 1.29 is 14.6 Å². The van der Waals surface area contributed by atoms with Crippen LogP contribution in [-0.2, 0) is 11.2 Å². The van der Waals surface area contributed by atoms with Gasteiger partial charge in [-0.15, -0.1) is 0 Å². The second-order valence-corrected chi connectivity index (χ2v) is 4.71. The van der Waals surface area contributed by atoms with E-state index in [1.54, 1.807) is 0 Å². The highest BCUT2D eigenvalue weighted by molar-refractivity contribution is 9.10. The first-order chi connectivity index (χ1) is 8.13. The first kappa shape index (κ1) is 14.0. The maximum Gasteiger partial charge on any atom is 0.303 e. The second kappa shape index (κ2) is 7.33. The van der Waals surface area contributed by atoms with E-state index in [-0.39, 0.29) is 6.42 Å². The van der Waals surface area contributed by atoms with Gasteiger partial charge in [-0.2, -0.15) is 0 Å². The zero-order chi connectivity index (χ0) is 12.7. The van der Waals surface area contributed by atoms with E-state index in [9.17, 15) is 4.79 Å². The number of aryl methyl sites for hydroxylation is 1. The van der Waals surface area contributed by atoms with Gasteiger partial charge in [0.25, 0.3) is 0 Å². The number of carboxylic acids is 1. The van der Waals surface area contributed by atoms with Crippen LogP contribution in [0.1, 0.15) is 31.7 Å². The van der Waals surface area contributed by atoms with Gasteiger partial charge in [0.15, 0.2) is 0 Å². The summed E-state index contributed by atoms with van der Waals surface area (Å²) in [5, 5.41) is 8.56. The van der Waals surface area contributed by atoms with Gasteiger partial charge in [-0.25, -0.2) is 0 Å². The first-order valence-electron chi connectivity index (χ1n) is 5.76. The van der Waals surface area contributed by atoms with Crippen LogP contribution < -0.4 is 4.74 Å². The molecule has 0 radical (unpaired) electrons. The molecule has 1 aromatic rings. The number of rotatable bonds is 7. The second-order valence-electron chi connectivity index (χ2n) is 3.86. The van der Waals surface area contributed by atoms with Crippen molar-refractivity contribution in [1.29, 1.82) is 0 Å². The van der Waals surface area contributed by atoms with Gasteiger partial charge in [0.2, 0.25) is 0 Å². The molecule has 0 heterocycles. The van der Waals surface area contributed by atoms with E-state index in [1.807, 2.05) is 18.2 Å². The van der Waals surface area contributed by atoms with Crippen molar-refractivity contribution >= 4 is 21.9 Å². The fraction of sp³-hybridized carbons (Fsp3) is 0.462. The Bertz CT molecular complexity index is 377. The molecule has 1 rings (SSSR count). The third kappa shape index (κ3) is 5.22. The molecule has 94 valence electrons. The van der Waals surface area contributed by atoms with Crippen LogP contribution in [0.25, 0.3) is 0 Å². The summed E-state index contributed by atoms with van der Waals surface area (Å²) in [5.41, 5.74) is 1.13. The van der Waals surface area contributed by atoms with Gasteiger partial charge in [0.05, 0.1) is 11.1 Å². The molecule has 0 atom stereocenters. The first-order valence-corrected chi connectivity index (χ1v) is 6.55. The summed E-state index contributed by atoms with van der Waals surface area (Å²) in [4.78, 5) is 10.4. The maximum absolute atomic E-state index is 10.4. The molecule has 0 amide bonds. The number of carbonyl (C=O) groups is 1. The average Bonchev–Trinajstić information content (AvgIpc) is 2.27. The lowest BCUT2D eigenvalue weighted by Crippen LogP contribution is -1.98. The smallest absolute Gasteiger partial charge is 0.303 e. The molecule has 0 aromatic heterocycles. The van der Waals surface area contributed by atoms with E-state index in [2.05, 4.69) is 22.9 Å². The van der Waals surface area contributed by atoms with Crippen molar-refractivity contribution in [3.63, 3.8) is 0 Å². The highest BCUT2D eigenvalue weighted by Gasteiger charge is 2.03. The number of aliphatic carboxylic acids is 1. The summed E-state index contributed by atoms with van der Waals surface area (Å²) in [7, 11) is 0. The summed E-state index contributed by atoms with van der Waals surface area (Å²) in [5.74, 6) is 0.0980. The Balaban J connectivity index is 2.52. The van der Waals surface area contributed by atoms with Gasteiger partial charge in [-0.05, 0) is 52.9 Å². The topological polar surface area (TPSA) is 46.5 Å². The molecular formula is C13H17BrO3. The quantitative estimate of drug-likeness (QED) is 0.836. The van der Waals surface area contributed by atoms with E-state index in [4.69, 9.17) is 9.84 Å². The fourth-order valence-corrected chi connectivity index (χ4v) is 2.01. The Labute approximate surface area is 110 Å². The minimum atomic E-state index is -0.744. The van der Waals surface area contributed by atoms with E-state index in [1.165, 1.54) is 0 Å². The zero-order valence-electron chi connectivity index (χ0n) is 9.91. The summed E-state index contributed by atoms with van der Waals surface area (Å²) < 4.78 is 6.47. The minimum Gasteiger partial charge on any atom is -0.492 e. The molecule has 0 spiro atoms. The lowest BCUT2D eigenvalue weighted by molar-refractivity contribution is -0.137. The van der Waals surface area contributed by atoms with Gasteiger partial charge in [-0.1, -0.05) is 13.0 Å². The predicted molar refractivity (Wildman–Crippen MR) is 70.5 cm³/mol. The fourth-order valence-electron chi connectivity index (χ4n) is 1.47. The summed E-state index contributed by atoms with van der Waals surface area (Å²) >= 11 is 3.46. The summed E-state index contributed by atoms with van der Waals surface area (Å²) in [6.45, 7) is 2.77. The molecule has 0 aliphatic rings. The molecule has 0 saturated heterocycles. The molecule has 1 N–H and O–H groups in total. The van der Waals surface area contributed by atoms with Gasteiger partial charge >= 0.3 is 5.97 Å². The summed E-state index contributed by atoms with van der Waals surface area (Å²) in [6.07, 6.45) is 2.63. The van der Waals surface area contributed by atoms with Crippen LogP contribution in [0.5, 0.6) is 5.75 Å². The van der Waals surface area contributed by atoms with Crippen LogP contribution in [0.3, 0.4) is 0 Å². The Morgan fingerprint density at radius 3 is 2.82 bits per heavy atom. The third-order valence-corrected chi connectivity index (χ3v) is 2.93. The van der Waals surface area contributed by atoms with Crippen LogP contribution in [0.4, 0.5) is 0 Å². The van der Waals surface area contributed by atoms with Crippen molar-refractivity contribution in [2.24, 2.45) is 0 Å². The van der Waals surface area contributed by atoms with Crippen molar-refractivity contribution in [3.05, 3.63) is 28.2 Å². The third-order valence-electron chi connectivity index (χ3n) is 2.31. The lowest BCUT2D eigenvalue weighted by Gasteiger charge is -2.08. The van der Waals surface area contributed by atoms with Crippen molar-refractivity contribution in [2.45, 2.75) is 32.6 Å².